The van der Waals surface area contributed by atoms with Gasteiger partial charge in [0.2, 0.25) is 0 Å². The van der Waals surface area contributed by atoms with Gasteiger partial charge in [0.05, 0.1) is 0 Å². The molecule has 3 heteroatoms. The molecule has 2 N–H and O–H groups in total. The Bertz CT molecular complexity index is 624. The van der Waals surface area contributed by atoms with E-state index >= 15 is 0 Å². The quantitative estimate of drug-likeness (QED) is 0.937. The van der Waals surface area contributed by atoms with Crippen molar-refractivity contribution in [1.82, 2.24) is 0 Å². The predicted molar refractivity (Wildman–Crippen MR) is 85.0 cm³/mol. The number of benzene rings is 2. The first kappa shape index (κ1) is 14.1. The third kappa shape index (κ3) is 3.08. The van der Waals surface area contributed by atoms with E-state index in [0.29, 0.717) is 13.0 Å². The SMILES string of the molecule is NCCc1cc(F)ccc1N1CCCc2ccccc2C1. The molecule has 0 atom stereocenters. The highest BCUT2D eigenvalue weighted by atomic mass is 19.1. The maximum absolute atomic E-state index is 13.5. The highest BCUT2D eigenvalue weighted by molar-refractivity contribution is 5.55. The van der Waals surface area contributed by atoms with Crippen LogP contribution in [-0.2, 0) is 19.4 Å². The molecule has 21 heavy (non-hydrogen) atoms. The van der Waals surface area contributed by atoms with E-state index in [4.69, 9.17) is 5.73 Å². The van der Waals surface area contributed by atoms with Crippen molar-refractivity contribution >= 4 is 5.69 Å². The van der Waals surface area contributed by atoms with Crippen molar-refractivity contribution in [2.45, 2.75) is 25.8 Å². The van der Waals surface area contributed by atoms with Crippen LogP contribution in [0.15, 0.2) is 42.5 Å². The van der Waals surface area contributed by atoms with Crippen molar-refractivity contribution in [2.24, 2.45) is 5.73 Å². The molecule has 3 rings (SSSR count). The smallest absolute Gasteiger partial charge is 0.123 e. The van der Waals surface area contributed by atoms with Gasteiger partial charge in [-0.1, -0.05) is 24.3 Å². The number of aryl methyl sites for hydroxylation is 1. The van der Waals surface area contributed by atoms with Crippen molar-refractivity contribution in [3.63, 3.8) is 0 Å². The van der Waals surface area contributed by atoms with Crippen LogP contribution in [0.1, 0.15) is 23.1 Å². The van der Waals surface area contributed by atoms with Gasteiger partial charge in [-0.25, -0.2) is 4.39 Å². The van der Waals surface area contributed by atoms with Crippen molar-refractivity contribution in [1.29, 1.82) is 0 Å². The topological polar surface area (TPSA) is 29.3 Å². The number of anilines is 1. The van der Waals surface area contributed by atoms with Crippen LogP contribution in [0.5, 0.6) is 0 Å². The standard InChI is InChI=1S/C18H21FN2/c19-17-7-8-18(15(12-17)9-10-20)21-11-3-6-14-4-1-2-5-16(14)13-21/h1-2,4-5,7-8,12H,3,6,9-11,13,20H2. The van der Waals surface area contributed by atoms with Crippen LogP contribution in [0.25, 0.3) is 0 Å². The van der Waals surface area contributed by atoms with E-state index in [1.807, 2.05) is 6.07 Å². The second-order valence-corrected chi connectivity index (χ2v) is 5.61. The molecule has 0 bridgehead atoms. The lowest BCUT2D eigenvalue weighted by Gasteiger charge is -2.26. The van der Waals surface area contributed by atoms with E-state index in [1.165, 1.54) is 11.1 Å². The van der Waals surface area contributed by atoms with Gasteiger partial charge in [0.15, 0.2) is 0 Å². The van der Waals surface area contributed by atoms with E-state index < -0.39 is 0 Å². The van der Waals surface area contributed by atoms with Gasteiger partial charge in [0, 0.05) is 18.8 Å². The molecule has 0 saturated heterocycles. The fraction of sp³-hybridized carbons (Fsp3) is 0.333. The maximum Gasteiger partial charge on any atom is 0.123 e. The number of hydrogen-bond donors (Lipinski definition) is 1. The van der Waals surface area contributed by atoms with Crippen molar-refractivity contribution in [3.05, 3.63) is 65.0 Å². The molecule has 0 saturated carbocycles. The summed E-state index contributed by atoms with van der Waals surface area (Å²) in [5.74, 6) is -0.183. The average molecular weight is 284 g/mol. The maximum atomic E-state index is 13.5. The fourth-order valence-electron chi connectivity index (χ4n) is 3.12. The Morgan fingerprint density at radius 3 is 2.71 bits per heavy atom. The summed E-state index contributed by atoms with van der Waals surface area (Å²) in [6, 6.07) is 13.7. The molecule has 2 nitrogen and oxygen atoms in total. The van der Waals surface area contributed by atoms with E-state index in [-0.39, 0.29) is 5.82 Å². The van der Waals surface area contributed by atoms with Gasteiger partial charge in [0.25, 0.3) is 0 Å². The second kappa shape index (κ2) is 6.27. The highest BCUT2D eigenvalue weighted by Gasteiger charge is 2.17. The molecular weight excluding hydrogens is 263 g/mol. The molecule has 0 fully saturated rings. The largest absolute Gasteiger partial charge is 0.367 e. The molecule has 0 aromatic heterocycles. The Morgan fingerprint density at radius 1 is 1.10 bits per heavy atom. The molecule has 1 aliphatic heterocycles. The van der Waals surface area contributed by atoms with Crippen LogP contribution < -0.4 is 10.6 Å². The number of halogens is 1. The molecule has 110 valence electrons. The molecule has 0 aliphatic carbocycles. The Hall–Kier alpha value is -1.87. The first-order valence-electron chi connectivity index (χ1n) is 7.58. The third-order valence-corrected chi connectivity index (χ3v) is 4.15. The molecule has 1 heterocycles. The van der Waals surface area contributed by atoms with Gasteiger partial charge >= 0.3 is 0 Å². The number of fused-ring (bicyclic) bond motifs is 1. The molecule has 0 radical (unpaired) electrons. The van der Waals surface area contributed by atoms with Gasteiger partial charge in [-0.05, 0) is 60.7 Å². The molecule has 0 amide bonds. The summed E-state index contributed by atoms with van der Waals surface area (Å²) in [4.78, 5) is 2.36. The van der Waals surface area contributed by atoms with Crippen LogP contribution in [0.4, 0.5) is 10.1 Å². The number of rotatable bonds is 3. The summed E-state index contributed by atoms with van der Waals surface area (Å²) in [7, 11) is 0. The highest BCUT2D eigenvalue weighted by Crippen LogP contribution is 2.27. The van der Waals surface area contributed by atoms with Crippen molar-refractivity contribution in [3.8, 4) is 0 Å². The number of hydrogen-bond acceptors (Lipinski definition) is 2. The third-order valence-electron chi connectivity index (χ3n) is 4.15. The van der Waals surface area contributed by atoms with Gasteiger partial charge in [-0.2, -0.15) is 0 Å². The minimum absolute atomic E-state index is 0.183. The van der Waals surface area contributed by atoms with Gasteiger partial charge in [0.1, 0.15) is 5.82 Å². The monoisotopic (exact) mass is 284 g/mol. The summed E-state index contributed by atoms with van der Waals surface area (Å²) in [5, 5.41) is 0. The molecule has 0 spiro atoms. The lowest BCUT2D eigenvalue weighted by atomic mass is 10.0. The normalized spacial score (nSPS) is 14.7. The Kier molecular flexibility index (Phi) is 4.20. The van der Waals surface area contributed by atoms with E-state index in [2.05, 4.69) is 29.2 Å². The van der Waals surface area contributed by atoms with Crippen molar-refractivity contribution < 1.29 is 4.39 Å². The summed E-state index contributed by atoms with van der Waals surface area (Å²) >= 11 is 0. The molecule has 1 aliphatic rings. The average Bonchev–Trinajstić information content (AvgIpc) is 2.70. The lowest BCUT2D eigenvalue weighted by molar-refractivity contribution is 0.624. The first-order valence-corrected chi connectivity index (χ1v) is 7.58. The van der Waals surface area contributed by atoms with Crippen molar-refractivity contribution in [2.75, 3.05) is 18.0 Å². The lowest BCUT2D eigenvalue weighted by Crippen LogP contribution is -2.24. The predicted octanol–water partition coefficient (Wildman–Crippen LogP) is 3.28. The van der Waals surface area contributed by atoms with Crippen LogP contribution in [0, 0.1) is 5.82 Å². The summed E-state index contributed by atoms with van der Waals surface area (Å²) in [6.07, 6.45) is 2.95. The van der Waals surface area contributed by atoms with Crippen LogP contribution in [-0.4, -0.2) is 13.1 Å². The minimum atomic E-state index is -0.183. The zero-order valence-corrected chi connectivity index (χ0v) is 12.2. The number of nitrogens with zero attached hydrogens (tertiary/aromatic N) is 1. The van der Waals surface area contributed by atoms with E-state index in [0.717, 1.165) is 37.2 Å². The summed E-state index contributed by atoms with van der Waals surface area (Å²) < 4.78 is 13.5. The molecule has 2 aromatic rings. The zero-order valence-electron chi connectivity index (χ0n) is 12.2. The fourth-order valence-corrected chi connectivity index (χ4v) is 3.12. The minimum Gasteiger partial charge on any atom is -0.367 e. The Morgan fingerprint density at radius 2 is 1.90 bits per heavy atom. The number of nitrogens with two attached hydrogens (primary N) is 1. The van der Waals surface area contributed by atoms with Crippen LogP contribution in [0.2, 0.25) is 0 Å². The molecule has 0 unspecified atom stereocenters. The van der Waals surface area contributed by atoms with E-state index in [1.54, 1.807) is 12.1 Å². The van der Waals surface area contributed by atoms with Crippen LogP contribution >= 0.6 is 0 Å². The first-order chi connectivity index (χ1) is 10.3. The molecule has 2 aromatic carbocycles. The van der Waals surface area contributed by atoms with Gasteiger partial charge in [-0.3, -0.25) is 0 Å². The second-order valence-electron chi connectivity index (χ2n) is 5.61. The summed E-state index contributed by atoms with van der Waals surface area (Å²) in [6.45, 7) is 2.43. The van der Waals surface area contributed by atoms with Crippen LogP contribution in [0.3, 0.4) is 0 Å². The Labute approximate surface area is 125 Å². The van der Waals surface area contributed by atoms with Gasteiger partial charge in [-0.15, -0.1) is 0 Å². The molecular formula is C18H21FN2. The zero-order chi connectivity index (χ0) is 14.7. The Balaban J connectivity index is 1.94. The van der Waals surface area contributed by atoms with E-state index in [9.17, 15) is 4.39 Å². The summed E-state index contributed by atoms with van der Waals surface area (Å²) in [5.41, 5.74) is 10.6. The van der Waals surface area contributed by atoms with Gasteiger partial charge < -0.3 is 10.6 Å².